The zero-order chi connectivity index (χ0) is 16.8. The van der Waals surface area contributed by atoms with Crippen LogP contribution < -0.4 is 0 Å². The zero-order valence-electron chi connectivity index (χ0n) is 12.2. The van der Waals surface area contributed by atoms with Crippen LogP contribution in [0.4, 0.5) is 4.39 Å². The number of rotatable bonds is 2. The minimum absolute atomic E-state index is 0.0769. The molecule has 3 rings (SSSR count). The maximum atomic E-state index is 13.7. The van der Waals surface area contributed by atoms with Gasteiger partial charge in [-0.25, -0.2) is 12.8 Å². The van der Waals surface area contributed by atoms with Gasteiger partial charge in [0.05, 0.1) is 24.0 Å². The molecular formula is C14H14ClFN2O3S2. The van der Waals surface area contributed by atoms with Crippen LogP contribution in [0.3, 0.4) is 0 Å². The average Bonchev–Trinajstić information content (AvgIpc) is 2.89. The van der Waals surface area contributed by atoms with E-state index in [9.17, 15) is 17.6 Å². The first kappa shape index (κ1) is 16.7. The highest BCUT2D eigenvalue weighted by Gasteiger charge is 2.47. The summed E-state index contributed by atoms with van der Waals surface area (Å²) in [6.45, 7) is 0. The number of fused-ring (bicyclic) bond motifs is 1. The Bertz CT molecular complexity index is 777. The predicted octanol–water partition coefficient (Wildman–Crippen LogP) is 1.75. The highest BCUT2D eigenvalue weighted by molar-refractivity contribution is 8.15. The molecule has 2 aliphatic heterocycles. The fraction of sp³-hybridized carbons (Fsp3) is 0.429. The monoisotopic (exact) mass is 376 g/mol. The summed E-state index contributed by atoms with van der Waals surface area (Å²) in [5, 5.41) is 0.565. The molecule has 2 saturated heterocycles. The largest absolute Gasteiger partial charge is 0.349 e. The summed E-state index contributed by atoms with van der Waals surface area (Å²) in [6.07, 6.45) is -0.225. The van der Waals surface area contributed by atoms with Gasteiger partial charge >= 0.3 is 0 Å². The molecular weight excluding hydrogens is 363 g/mol. The van der Waals surface area contributed by atoms with Crippen molar-refractivity contribution in [2.45, 2.75) is 17.7 Å². The van der Waals surface area contributed by atoms with Crippen LogP contribution in [0.1, 0.15) is 5.56 Å². The summed E-state index contributed by atoms with van der Waals surface area (Å²) in [4.78, 5) is 17.8. The first-order valence-corrected chi connectivity index (χ1v) is 9.99. The van der Waals surface area contributed by atoms with Gasteiger partial charge in [-0.3, -0.25) is 4.79 Å². The van der Waals surface area contributed by atoms with E-state index in [0.717, 1.165) is 0 Å². The van der Waals surface area contributed by atoms with Crippen molar-refractivity contribution in [1.82, 2.24) is 4.90 Å². The Hall–Kier alpha value is -1.12. The molecule has 1 aromatic carbocycles. The maximum absolute atomic E-state index is 13.7. The Morgan fingerprint density at radius 3 is 2.87 bits per heavy atom. The van der Waals surface area contributed by atoms with E-state index in [0.29, 0.717) is 5.17 Å². The summed E-state index contributed by atoms with van der Waals surface area (Å²) in [7, 11) is -1.30. The van der Waals surface area contributed by atoms with E-state index >= 15 is 0 Å². The Kier molecular flexibility index (Phi) is 4.41. The number of carbonyl (C=O) groups excluding carboxylic acids is 1. The smallest absolute Gasteiger partial charge is 0.252 e. The lowest BCUT2D eigenvalue weighted by Gasteiger charge is -2.17. The van der Waals surface area contributed by atoms with Gasteiger partial charge in [0.25, 0.3) is 5.91 Å². The number of amidine groups is 1. The molecule has 5 nitrogen and oxygen atoms in total. The molecule has 2 heterocycles. The standard InChI is InChI=1S/C14H14ClFN2O3S2/c1-18-11-6-23(20,21)7-12(11)22-14(18)17-13(19)5-8-9(15)3-2-4-10(8)16/h2-4,11-12H,5-7H2,1H3. The molecule has 1 amide bonds. The lowest BCUT2D eigenvalue weighted by molar-refractivity contribution is -0.117. The van der Waals surface area contributed by atoms with Crippen LogP contribution in [0.5, 0.6) is 0 Å². The molecule has 0 saturated carbocycles. The fourth-order valence-corrected chi connectivity index (χ4v) is 6.98. The van der Waals surface area contributed by atoms with Gasteiger partial charge in [-0.2, -0.15) is 4.99 Å². The number of carbonyl (C=O) groups is 1. The Morgan fingerprint density at radius 2 is 2.22 bits per heavy atom. The van der Waals surface area contributed by atoms with Crippen LogP contribution >= 0.6 is 23.4 Å². The molecule has 2 aliphatic rings. The van der Waals surface area contributed by atoms with Crippen molar-refractivity contribution in [2.75, 3.05) is 18.6 Å². The average molecular weight is 377 g/mol. The van der Waals surface area contributed by atoms with Gasteiger partial charge in [0.1, 0.15) is 5.82 Å². The molecule has 0 N–H and O–H groups in total. The number of sulfone groups is 1. The summed E-state index contributed by atoms with van der Waals surface area (Å²) in [5.41, 5.74) is 0.122. The molecule has 9 heteroatoms. The number of hydrogen-bond acceptors (Lipinski definition) is 4. The molecule has 2 atom stereocenters. The van der Waals surface area contributed by atoms with Crippen molar-refractivity contribution in [3.63, 3.8) is 0 Å². The summed E-state index contributed by atoms with van der Waals surface area (Å²) >= 11 is 7.19. The number of hydrogen-bond donors (Lipinski definition) is 0. The first-order valence-electron chi connectivity index (χ1n) is 6.91. The van der Waals surface area contributed by atoms with Crippen molar-refractivity contribution in [3.8, 4) is 0 Å². The Labute approximate surface area is 142 Å². The molecule has 0 bridgehead atoms. The predicted molar refractivity (Wildman–Crippen MR) is 89.1 cm³/mol. The van der Waals surface area contributed by atoms with Gasteiger partial charge in [0.15, 0.2) is 15.0 Å². The number of benzene rings is 1. The van der Waals surface area contributed by atoms with Crippen molar-refractivity contribution >= 4 is 44.3 Å². The van der Waals surface area contributed by atoms with Gasteiger partial charge in [-0.15, -0.1) is 0 Å². The topological polar surface area (TPSA) is 66.8 Å². The minimum Gasteiger partial charge on any atom is -0.349 e. The van der Waals surface area contributed by atoms with Crippen LogP contribution in [0.15, 0.2) is 23.2 Å². The number of amides is 1. The summed E-state index contributed by atoms with van der Waals surface area (Å²) in [5.74, 6) is -0.873. The first-order chi connectivity index (χ1) is 10.8. The van der Waals surface area contributed by atoms with E-state index in [4.69, 9.17) is 11.6 Å². The van der Waals surface area contributed by atoms with E-state index in [-0.39, 0.29) is 39.8 Å². The number of halogens is 2. The number of nitrogens with zero attached hydrogens (tertiary/aromatic N) is 2. The second-order valence-corrected chi connectivity index (χ2v) is 9.34. The van der Waals surface area contributed by atoms with E-state index in [2.05, 4.69) is 4.99 Å². The molecule has 2 fully saturated rings. The van der Waals surface area contributed by atoms with Crippen LogP contribution in [0.25, 0.3) is 0 Å². The van der Waals surface area contributed by atoms with E-state index in [1.54, 1.807) is 11.9 Å². The maximum Gasteiger partial charge on any atom is 0.252 e. The molecule has 2 unspecified atom stereocenters. The molecule has 1 aromatic rings. The second-order valence-electron chi connectivity index (χ2n) is 5.58. The van der Waals surface area contributed by atoms with E-state index in [1.807, 2.05) is 0 Å². The fourth-order valence-electron chi connectivity index (χ4n) is 2.73. The third kappa shape index (κ3) is 3.39. The highest BCUT2D eigenvalue weighted by atomic mass is 35.5. The number of thioether (sulfide) groups is 1. The van der Waals surface area contributed by atoms with E-state index in [1.165, 1.54) is 30.0 Å². The molecule has 0 aliphatic carbocycles. The SMILES string of the molecule is CN1C(=NC(=O)Cc2c(F)cccc2Cl)SC2CS(=O)(=O)CC21. The molecule has 0 radical (unpaired) electrons. The van der Waals surface area contributed by atoms with Crippen molar-refractivity contribution in [3.05, 3.63) is 34.6 Å². The molecule has 0 spiro atoms. The Balaban J connectivity index is 1.75. The van der Waals surface area contributed by atoms with Gasteiger partial charge in [-0.1, -0.05) is 29.4 Å². The van der Waals surface area contributed by atoms with Gasteiger partial charge in [0, 0.05) is 22.9 Å². The second kappa shape index (κ2) is 6.07. The van der Waals surface area contributed by atoms with Crippen molar-refractivity contribution in [2.24, 2.45) is 4.99 Å². The third-order valence-corrected chi connectivity index (χ3v) is 7.59. The van der Waals surface area contributed by atoms with Crippen LogP contribution in [0.2, 0.25) is 5.02 Å². The van der Waals surface area contributed by atoms with Crippen molar-refractivity contribution < 1.29 is 17.6 Å². The quantitative estimate of drug-likeness (QED) is 0.786. The van der Waals surface area contributed by atoms with Gasteiger partial charge in [-0.05, 0) is 12.1 Å². The Morgan fingerprint density at radius 1 is 1.48 bits per heavy atom. The molecule has 0 aromatic heterocycles. The molecule has 23 heavy (non-hydrogen) atoms. The lowest BCUT2D eigenvalue weighted by Crippen LogP contribution is -2.34. The summed E-state index contributed by atoms with van der Waals surface area (Å²) < 4.78 is 37.0. The van der Waals surface area contributed by atoms with Crippen molar-refractivity contribution in [1.29, 1.82) is 0 Å². The van der Waals surface area contributed by atoms with Crippen LogP contribution in [-0.4, -0.2) is 54.2 Å². The summed E-state index contributed by atoms with van der Waals surface area (Å²) in [6, 6.07) is 4.08. The lowest BCUT2D eigenvalue weighted by atomic mass is 10.1. The van der Waals surface area contributed by atoms with Gasteiger partial charge in [0.2, 0.25) is 0 Å². The highest BCUT2D eigenvalue weighted by Crippen LogP contribution is 2.37. The van der Waals surface area contributed by atoms with Crippen LogP contribution in [-0.2, 0) is 21.1 Å². The van der Waals surface area contributed by atoms with Crippen LogP contribution in [0, 0.1) is 5.82 Å². The normalized spacial score (nSPS) is 27.4. The minimum atomic E-state index is -3.02. The third-order valence-electron chi connectivity index (χ3n) is 3.94. The zero-order valence-corrected chi connectivity index (χ0v) is 14.6. The van der Waals surface area contributed by atoms with Gasteiger partial charge < -0.3 is 4.90 Å². The van der Waals surface area contributed by atoms with E-state index < -0.39 is 21.6 Å². The molecule has 124 valence electrons. The number of aliphatic imine (C=N–C) groups is 1.